The number of nitrogens with one attached hydrogen (secondary N) is 2. The van der Waals surface area contributed by atoms with Crippen molar-refractivity contribution in [2.75, 3.05) is 66.4 Å². The van der Waals surface area contributed by atoms with Crippen molar-refractivity contribution in [1.82, 2.24) is 20.4 Å². The quantitative estimate of drug-likeness (QED) is 0.0439. The fraction of sp³-hybridized carbons (Fsp3) is 0.632. The van der Waals surface area contributed by atoms with Crippen LogP contribution in [0, 0.1) is 11.8 Å². The second kappa shape index (κ2) is 34.1. The van der Waals surface area contributed by atoms with Crippen molar-refractivity contribution in [3.8, 4) is 11.5 Å². The largest absolute Gasteiger partial charge is 0.495 e. The molecule has 26 nitrogen and oxygen atoms in total. The average molecular weight is 1560 g/mol. The first-order valence-corrected chi connectivity index (χ1v) is 38.5. The van der Waals surface area contributed by atoms with Crippen molar-refractivity contribution < 1.29 is 95.9 Å². The summed E-state index contributed by atoms with van der Waals surface area (Å²) in [4.78, 5) is 118. The number of hydrogen-bond acceptors (Lipinski definition) is 22. The Labute approximate surface area is 639 Å². The van der Waals surface area contributed by atoms with Crippen LogP contribution in [0.3, 0.4) is 0 Å². The summed E-state index contributed by atoms with van der Waals surface area (Å²) in [5.41, 5.74) is -2.48. The van der Waals surface area contributed by atoms with Crippen LogP contribution in [0.15, 0.2) is 71.9 Å². The highest BCUT2D eigenvalue weighted by Gasteiger charge is 2.66. The van der Waals surface area contributed by atoms with Gasteiger partial charge in [0.15, 0.2) is 11.4 Å². The molecule has 0 radical (unpaired) electrons. The number of alkyl carbamates (subject to hydrolysis) is 2. The molecule has 106 heavy (non-hydrogen) atoms. The molecule has 6 aliphatic heterocycles. The van der Waals surface area contributed by atoms with E-state index in [1.807, 2.05) is 53.7 Å². The molecule has 6 heterocycles. The summed E-state index contributed by atoms with van der Waals surface area (Å²) in [5, 5.41) is 29.4. The second-order valence-electron chi connectivity index (χ2n) is 30.5. The van der Waals surface area contributed by atoms with Crippen LogP contribution in [0.25, 0.3) is 0 Å². The van der Waals surface area contributed by atoms with Gasteiger partial charge >= 0.3 is 24.1 Å². The zero-order chi connectivity index (χ0) is 78.7. The molecule has 2 aromatic rings. The standard InChI is InChI=1S/C76H106Cl2N6O20S2/c1-41-23-21-25-55(97-19)75(93)39-53(99-69(91)79-75)43(3)65-73(11,103-65)57(37-61(87)83(15)49-33-47(31-41)35-51(95-17)63(49)77)101-67(89)45(5)81(13)59(85)27-29-71(7,8)105-106-72(9,10)30-28-60(86)82(14)46(6)68(90)102-58-38-62(88)84(16)50-34-48(36-52(96-18)64(50)78)32-42(2)24-22-26-56(98-20)76(94)40-54(100-70(92)80-76)44(4)66-74(58,12)104-66/h21-26,33-36,43-46,53-58,65-66,93-94H,27-32,37-40H2,1-20H3,(H,79,91)(H,80,92)/b25-21+,26-22+,41-23+,42-24+/t43-,44-,45+,46+,53+,54+,55-,56-,57+,58+,65+,66+,73+,74+,75+,76+/m1/s1. The van der Waals surface area contributed by atoms with Gasteiger partial charge in [-0.2, -0.15) is 0 Å². The number of nitrogens with zero attached hydrogens (tertiary/aromatic N) is 4. The van der Waals surface area contributed by atoms with E-state index < -0.39 is 154 Å². The van der Waals surface area contributed by atoms with Crippen LogP contribution in [0.1, 0.15) is 146 Å². The molecule has 2 aromatic carbocycles. The number of aliphatic hydroxyl groups is 2. The number of benzene rings is 2. The van der Waals surface area contributed by atoms with E-state index in [0.29, 0.717) is 48.6 Å². The molecule has 4 N–H and O–H groups in total. The van der Waals surface area contributed by atoms with Gasteiger partial charge in [-0.15, -0.1) is 0 Å². The summed E-state index contributed by atoms with van der Waals surface area (Å²) in [7, 11) is 15.0. The maximum absolute atomic E-state index is 14.6. The maximum atomic E-state index is 14.6. The van der Waals surface area contributed by atoms with E-state index in [4.69, 9.17) is 70.6 Å². The molecule has 30 heteroatoms. The number of ether oxygens (including phenoxy) is 10. The van der Waals surface area contributed by atoms with Crippen molar-refractivity contribution in [2.45, 2.75) is 240 Å². The number of allylic oxidation sites excluding steroid dienone is 6. The Morgan fingerprint density at radius 3 is 1.31 bits per heavy atom. The summed E-state index contributed by atoms with van der Waals surface area (Å²) in [6.45, 7) is 21.8. The minimum absolute atomic E-state index is 0.0380. The lowest BCUT2D eigenvalue weighted by Crippen LogP contribution is -2.63. The number of epoxide rings is 2. The SMILES string of the molecule is COc1cc2cc(c1Cl)N(C)C(=O)C[C@H](OC(=O)[C@H](C)N(C)C(=O)CCC(C)(C)SSC(C)(C)CCC(=O)N(C)[C@@H](C)C(=O)O[C@H]1CC(=O)N(C)c3cc(cc(OC)c3Cl)C/C(C)=C/C=C/[C@@H](OC)[C@@]3(O)C[C@H](OC(=O)N3)[C@@H](C)[C@@H]3O[C@@]13C)[C@]1(C)O[C@H]1[C@H](C)[C@@H]1C[C@@](O)(NC(=O)O1)[C@H](OC)/C=C/C=C(\C)C2. The van der Waals surface area contributed by atoms with Crippen LogP contribution in [-0.4, -0.2) is 217 Å². The number of amides is 6. The van der Waals surface area contributed by atoms with Crippen LogP contribution in [0.2, 0.25) is 10.0 Å². The van der Waals surface area contributed by atoms with Gasteiger partial charge in [-0.1, -0.05) is 106 Å². The molecule has 6 amide bonds. The fourth-order valence-corrected chi connectivity index (χ4v) is 17.2. The van der Waals surface area contributed by atoms with E-state index in [2.05, 4.69) is 10.6 Å². The Kier molecular flexibility index (Phi) is 27.4. The molecule has 8 bridgehead atoms. The molecular formula is C76H106Cl2N6O20S2. The Morgan fingerprint density at radius 2 is 0.981 bits per heavy atom. The molecular weight excluding hydrogens is 1450 g/mol. The highest BCUT2D eigenvalue weighted by atomic mass is 35.5. The molecule has 8 rings (SSSR count). The number of hydrogen-bond donors (Lipinski definition) is 4. The van der Waals surface area contributed by atoms with Gasteiger partial charge in [0, 0.05) is 89.4 Å². The summed E-state index contributed by atoms with van der Waals surface area (Å²) in [6, 6.07) is 4.82. The Balaban J connectivity index is 0.894. The molecule has 4 saturated heterocycles. The van der Waals surface area contributed by atoms with Crippen LogP contribution in [-0.2, 0) is 79.5 Å². The highest BCUT2D eigenvalue weighted by molar-refractivity contribution is 8.77. The van der Waals surface area contributed by atoms with Crippen molar-refractivity contribution in [1.29, 1.82) is 0 Å². The minimum Gasteiger partial charge on any atom is -0.495 e. The van der Waals surface area contributed by atoms with Crippen LogP contribution < -0.4 is 29.9 Å². The van der Waals surface area contributed by atoms with Crippen LogP contribution in [0.5, 0.6) is 11.5 Å². The van der Waals surface area contributed by atoms with Gasteiger partial charge in [-0.3, -0.25) is 29.8 Å². The maximum Gasteiger partial charge on any atom is 0.409 e. The van der Waals surface area contributed by atoms with E-state index in [9.17, 15) is 48.6 Å². The van der Waals surface area contributed by atoms with Gasteiger partial charge < -0.3 is 77.2 Å². The summed E-state index contributed by atoms with van der Waals surface area (Å²) in [5.74, 6) is -3.88. The number of likely N-dealkylation sites (N-methyl/N-ethyl adjacent to an activating group) is 2. The summed E-state index contributed by atoms with van der Waals surface area (Å²) >= 11 is 13.8. The van der Waals surface area contributed by atoms with Crippen LogP contribution >= 0.6 is 44.8 Å². The van der Waals surface area contributed by atoms with Gasteiger partial charge in [0.05, 0.1) is 50.6 Å². The predicted molar refractivity (Wildman–Crippen MR) is 404 cm³/mol. The summed E-state index contributed by atoms with van der Waals surface area (Å²) < 4.78 is 58.6. The van der Waals surface area contributed by atoms with E-state index in [0.717, 1.165) is 22.3 Å². The number of fused-ring (bicyclic) bond motifs is 10. The molecule has 586 valence electrons. The van der Waals surface area contributed by atoms with Crippen molar-refractivity contribution >= 4 is 104 Å². The van der Waals surface area contributed by atoms with E-state index in [1.165, 1.54) is 76.0 Å². The molecule has 0 aliphatic carbocycles. The third kappa shape index (κ3) is 19.7. The van der Waals surface area contributed by atoms with Gasteiger partial charge in [0.2, 0.25) is 23.6 Å². The predicted octanol–water partition coefficient (Wildman–Crippen LogP) is 10.5. The number of esters is 2. The first-order chi connectivity index (χ1) is 49.5. The molecule has 0 aromatic heterocycles. The van der Waals surface area contributed by atoms with Crippen LogP contribution in [0.4, 0.5) is 21.0 Å². The molecule has 0 saturated carbocycles. The van der Waals surface area contributed by atoms with Gasteiger partial charge in [0.1, 0.15) is 81.5 Å². The lowest BCUT2D eigenvalue weighted by atomic mass is 9.83. The van der Waals surface area contributed by atoms with Crippen molar-refractivity contribution in [3.05, 3.63) is 93.0 Å². The zero-order valence-corrected chi connectivity index (χ0v) is 67.5. The molecule has 0 spiro atoms. The minimum atomic E-state index is -1.90. The Morgan fingerprint density at radius 1 is 0.632 bits per heavy atom. The molecule has 0 unspecified atom stereocenters. The van der Waals surface area contributed by atoms with E-state index in [1.54, 1.807) is 112 Å². The average Bonchev–Trinajstić information content (AvgIpc) is 1.57. The number of anilines is 2. The van der Waals surface area contributed by atoms with Gasteiger partial charge in [-0.25, -0.2) is 19.2 Å². The fourth-order valence-electron chi connectivity index (χ4n) is 13.9. The van der Waals surface area contributed by atoms with Gasteiger partial charge in [-0.05, 0) is 130 Å². The smallest absolute Gasteiger partial charge is 0.409 e. The molecule has 4 fully saturated rings. The normalized spacial score (nSPS) is 31.7. The van der Waals surface area contributed by atoms with Gasteiger partial charge in [0.25, 0.3) is 0 Å². The third-order valence-electron chi connectivity index (χ3n) is 21.4. The topological polar surface area (TPSA) is 313 Å². The number of halogens is 2. The first-order valence-electron chi connectivity index (χ1n) is 35.5. The monoisotopic (exact) mass is 1560 g/mol. The number of methoxy groups -OCH3 is 4. The third-order valence-corrected chi connectivity index (χ3v) is 26.5. The Hall–Kier alpha value is -6.60. The zero-order valence-electron chi connectivity index (χ0n) is 64.4. The highest BCUT2D eigenvalue weighted by Crippen LogP contribution is 2.52. The summed E-state index contributed by atoms with van der Waals surface area (Å²) in [6.07, 6.45) is 1.41. The van der Waals surface area contributed by atoms with E-state index >= 15 is 0 Å². The van der Waals surface area contributed by atoms with Crippen molar-refractivity contribution in [2.24, 2.45) is 11.8 Å². The lowest BCUT2D eigenvalue weighted by Gasteiger charge is -2.42. The van der Waals surface area contributed by atoms with Crippen molar-refractivity contribution in [3.63, 3.8) is 0 Å². The number of rotatable bonds is 19. The molecule has 6 aliphatic rings. The lowest BCUT2D eigenvalue weighted by molar-refractivity contribution is -0.162. The molecule has 16 atom stereocenters. The number of carbonyl (C=O) groups is 8. The second-order valence-corrected chi connectivity index (χ2v) is 34.8. The first kappa shape index (κ1) is 85.0. The number of carbonyl (C=O) groups excluding carboxylic acids is 8. The van der Waals surface area contributed by atoms with E-state index in [-0.39, 0.29) is 47.5 Å². The Bertz CT molecular complexity index is 3540.